The second kappa shape index (κ2) is 1.94. The molecule has 2 N–H and O–H groups in total. The molecule has 2 rings (SSSR count). The number of hydrogen-bond donors (Lipinski definition) is 1. The maximum Gasteiger partial charge on any atom is 0.0569 e. The Balaban J connectivity index is 1.82. The van der Waals surface area contributed by atoms with Crippen molar-refractivity contribution >= 4 is 0 Å². The summed E-state index contributed by atoms with van der Waals surface area (Å²) in [6.07, 6.45) is 0.228. The van der Waals surface area contributed by atoms with Crippen molar-refractivity contribution in [2.45, 2.75) is 13.1 Å². The van der Waals surface area contributed by atoms with Crippen molar-refractivity contribution in [2.24, 2.45) is 11.1 Å². The lowest BCUT2D eigenvalue weighted by molar-refractivity contribution is -0.196. The first-order valence-corrected chi connectivity index (χ1v) is 3.79. The van der Waals surface area contributed by atoms with Gasteiger partial charge in [0.05, 0.1) is 19.4 Å². The van der Waals surface area contributed by atoms with E-state index in [0.717, 1.165) is 26.3 Å². The minimum atomic E-state index is 0.228. The smallest absolute Gasteiger partial charge is 0.0569 e. The van der Waals surface area contributed by atoms with Gasteiger partial charge < -0.3 is 10.5 Å². The highest BCUT2D eigenvalue weighted by molar-refractivity contribution is 4.99. The lowest BCUT2D eigenvalue weighted by atomic mass is 9.78. The van der Waals surface area contributed by atoms with E-state index in [0.29, 0.717) is 5.41 Å². The predicted molar refractivity (Wildman–Crippen MR) is 38.5 cm³/mol. The summed E-state index contributed by atoms with van der Waals surface area (Å²) in [5.74, 6) is 0. The fourth-order valence-corrected chi connectivity index (χ4v) is 1.68. The van der Waals surface area contributed by atoms with Crippen LogP contribution >= 0.6 is 0 Å². The van der Waals surface area contributed by atoms with Gasteiger partial charge in [0.1, 0.15) is 0 Å². The topological polar surface area (TPSA) is 38.5 Å². The van der Waals surface area contributed by atoms with Gasteiger partial charge in [-0.2, -0.15) is 0 Å². The Morgan fingerprint density at radius 2 is 2.10 bits per heavy atom. The van der Waals surface area contributed by atoms with E-state index in [2.05, 4.69) is 4.90 Å². The lowest BCUT2D eigenvalue weighted by Gasteiger charge is -2.56. The Kier molecular flexibility index (Phi) is 1.27. The van der Waals surface area contributed by atoms with Crippen LogP contribution in [0.25, 0.3) is 0 Å². The molecule has 10 heavy (non-hydrogen) atoms. The van der Waals surface area contributed by atoms with Gasteiger partial charge in [-0.25, -0.2) is 0 Å². The van der Waals surface area contributed by atoms with E-state index in [1.165, 1.54) is 0 Å². The molecule has 58 valence electrons. The Bertz CT molecular complexity index is 135. The van der Waals surface area contributed by atoms with Crippen LogP contribution < -0.4 is 5.73 Å². The van der Waals surface area contributed by atoms with E-state index in [4.69, 9.17) is 10.5 Å². The first kappa shape index (κ1) is 6.58. The molecule has 2 aliphatic heterocycles. The molecule has 2 fully saturated rings. The van der Waals surface area contributed by atoms with Crippen molar-refractivity contribution in [1.29, 1.82) is 0 Å². The maximum absolute atomic E-state index is 5.68. The van der Waals surface area contributed by atoms with Gasteiger partial charge in [0.2, 0.25) is 0 Å². The Morgan fingerprint density at radius 1 is 1.50 bits per heavy atom. The van der Waals surface area contributed by atoms with Crippen LogP contribution in [0.1, 0.15) is 6.92 Å². The number of hydrogen-bond acceptors (Lipinski definition) is 3. The molecular weight excluding hydrogens is 128 g/mol. The molecule has 3 nitrogen and oxygen atoms in total. The third-order valence-electron chi connectivity index (χ3n) is 2.47. The van der Waals surface area contributed by atoms with Gasteiger partial charge in [-0.15, -0.1) is 0 Å². The van der Waals surface area contributed by atoms with Crippen molar-refractivity contribution in [2.75, 3.05) is 26.3 Å². The van der Waals surface area contributed by atoms with Gasteiger partial charge in [-0.05, 0) is 6.92 Å². The first-order chi connectivity index (χ1) is 4.72. The molecule has 3 heteroatoms. The van der Waals surface area contributed by atoms with Crippen LogP contribution in [0.4, 0.5) is 0 Å². The second-order valence-corrected chi connectivity index (χ2v) is 3.64. The van der Waals surface area contributed by atoms with Crippen LogP contribution in [-0.4, -0.2) is 37.4 Å². The number of ether oxygens (including phenoxy) is 1. The zero-order valence-corrected chi connectivity index (χ0v) is 6.34. The molecule has 1 spiro atoms. The zero-order valence-electron chi connectivity index (χ0n) is 6.34. The largest absolute Gasteiger partial charge is 0.380 e. The molecule has 0 aromatic carbocycles. The van der Waals surface area contributed by atoms with Crippen molar-refractivity contribution in [3.63, 3.8) is 0 Å². The number of rotatable bonds is 1. The van der Waals surface area contributed by atoms with Crippen LogP contribution in [0, 0.1) is 5.41 Å². The molecule has 0 radical (unpaired) electrons. The molecule has 1 atom stereocenters. The summed E-state index contributed by atoms with van der Waals surface area (Å²) in [6, 6.07) is 0. The molecule has 2 aliphatic rings. The SMILES string of the molecule is CC(N)N1CC2(COC2)C1. The van der Waals surface area contributed by atoms with Gasteiger partial charge in [-0.1, -0.05) is 0 Å². The molecule has 0 saturated carbocycles. The van der Waals surface area contributed by atoms with Crippen molar-refractivity contribution in [3.8, 4) is 0 Å². The number of nitrogens with zero attached hydrogens (tertiary/aromatic N) is 1. The molecule has 1 unspecified atom stereocenters. The molecule has 0 bridgehead atoms. The molecule has 0 aliphatic carbocycles. The first-order valence-electron chi connectivity index (χ1n) is 3.79. The fourth-order valence-electron chi connectivity index (χ4n) is 1.68. The van der Waals surface area contributed by atoms with Crippen molar-refractivity contribution in [3.05, 3.63) is 0 Å². The third kappa shape index (κ3) is 0.779. The minimum absolute atomic E-state index is 0.228. The Morgan fingerprint density at radius 3 is 2.40 bits per heavy atom. The minimum Gasteiger partial charge on any atom is -0.380 e. The lowest BCUT2D eigenvalue weighted by Crippen LogP contribution is -2.68. The fraction of sp³-hybridized carbons (Fsp3) is 1.00. The molecule has 0 amide bonds. The van der Waals surface area contributed by atoms with Crippen molar-refractivity contribution < 1.29 is 4.74 Å². The Labute approximate surface area is 61.1 Å². The zero-order chi connectivity index (χ0) is 7.19. The summed E-state index contributed by atoms with van der Waals surface area (Å²) >= 11 is 0. The normalized spacial score (nSPS) is 33.0. The van der Waals surface area contributed by atoms with Gasteiger partial charge in [0.25, 0.3) is 0 Å². The maximum atomic E-state index is 5.68. The number of likely N-dealkylation sites (tertiary alicyclic amines) is 1. The summed E-state index contributed by atoms with van der Waals surface area (Å²) < 4.78 is 5.14. The summed E-state index contributed by atoms with van der Waals surface area (Å²) in [4.78, 5) is 2.28. The Hall–Kier alpha value is -0.120. The van der Waals surface area contributed by atoms with Crippen LogP contribution in [0.3, 0.4) is 0 Å². The molecule has 0 aromatic heterocycles. The summed E-state index contributed by atoms with van der Waals surface area (Å²) in [5, 5.41) is 0. The summed E-state index contributed by atoms with van der Waals surface area (Å²) in [7, 11) is 0. The molecule has 0 aromatic rings. The van der Waals surface area contributed by atoms with Crippen LogP contribution in [0.15, 0.2) is 0 Å². The van der Waals surface area contributed by atoms with E-state index in [1.54, 1.807) is 0 Å². The van der Waals surface area contributed by atoms with E-state index in [1.807, 2.05) is 6.92 Å². The average Bonchev–Trinajstić information content (AvgIpc) is 1.54. The monoisotopic (exact) mass is 142 g/mol. The van der Waals surface area contributed by atoms with Gasteiger partial charge in [0.15, 0.2) is 0 Å². The molecule has 2 heterocycles. The predicted octanol–water partition coefficient (Wildman–Crippen LogP) is -0.377. The van der Waals surface area contributed by atoms with Gasteiger partial charge in [0, 0.05) is 18.5 Å². The summed E-state index contributed by atoms with van der Waals surface area (Å²) in [5.41, 5.74) is 6.20. The van der Waals surface area contributed by atoms with E-state index >= 15 is 0 Å². The van der Waals surface area contributed by atoms with Crippen LogP contribution in [0.5, 0.6) is 0 Å². The summed E-state index contributed by atoms with van der Waals surface area (Å²) in [6.45, 7) is 6.23. The van der Waals surface area contributed by atoms with E-state index < -0.39 is 0 Å². The quantitative estimate of drug-likeness (QED) is 0.542. The average molecular weight is 142 g/mol. The van der Waals surface area contributed by atoms with E-state index in [9.17, 15) is 0 Å². The highest BCUT2D eigenvalue weighted by Gasteiger charge is 2.49. The molecular formula is C7H14N2O. The van der Waals surface area contributed by atoms with Crippen LogP contribution in [-0.2, 0) is 4.74 Å². The molecule has 2 saturated heterocycles. The third-order valence-corrected chi connectivity index (χ3v) is 2.47. The van der Waals surface area contributed by atoms with Crippen LogP contribution in [0.2, 0.25) is 0 Å². The number of nitrogens with two attached hydrogens (primary N) is 1. The highest BCUT2D eigenvalue weighted by atomic mass is 16.5. The van der Waals surface area contributed by atoms with Crippen molar-refractivity contribution in [1.82, 2.24) is 4.90 Å². The highest BCUT2D eigenvalue weighted by Crippen LogP contribution is 2.37. The van der Waals surface area contributed by atoms with Gasteiger partial charge >= 0.3 is 0 Å². The van der Waals surface area contributed by atoms with E-state index in [-0.39, 0.29) is 6.17 Å². The van der Waals surface area contributed by atoms with Gasteiger partial charge in [-0.3, -0.25) is 4.90 Å². The standard InChI is InChI=1S/C7H14N2O/c1-6(8)9-2-7(3-9)4-10-5-7/h6H,2-5,8H2,1H3. The second-order valence-electron chi connectivity index (χ2n) is 3.64.